The third-order valence-electron chi connectivity index (χ3n) is 7.41. The average molecular weight is 672 g/mol. The molecule has 1 aliphatic heterocycles. The van der Waals surface area contributed by atoms with Crippen LogP contribution in [0.5, 0.6) is 0 Å². The summed E-state index contributed by atoms with van der Waals surface area (Å²) in [6, 6.07) is 8.63. The van der Waals surface area contributed by atoms with Gasteiger partial charge in [-0.05, 0) is 49.6 Å². The van der Waals surface area contributed by atoms with Gasteiger partial charge in [0.25, 0.3) is 5.91 Å². The van der Waals surface area contributed by atoms with Gasteiger partial charge in [0.2, 0.25) is 27.6 Å². The SMILES string of the molecule is CCCCCCCC(=O)Nc1cc(NC(=N)N)cc(C(=O)C(=O)NC[C@@H](NC(=O)[C@@H]2CCCN2S(=O)(=O)c2ccccc2)C(=O)O)c1. The molecule has 16 heteroatoms. The van der Waals surface area contributed by atoms with E-state index in [9.17, 15) is 37.5 Å². The zero-order chi connectivity index (χ0) is 34.6. The van der Waals surface area contributed by atoms with E-state index >= 15 is 0 Å². The first kappa shape index (κ1) is 36.6. The van der Waals surface area contributed by atoms with Crippen molar-refractivity contribution >= 4 is 56.8 Å². The summed E-state index contributed by atoms with van der Waals surface area (Å²) in [7, 11) is -4.03. The van der Waals surface area contributed by atoms with E-state index in [1.54, 1.807) is 18.2 Å². The molecule has 47 heavy (non-hydrogen) atoms. The van der Waals surface area contributed by atoms with Gasteiger partial charge in [-0.1, -0.05) is 50.8 Å². The maximum Gasteiger partial charge on any atom is 0.328 e. The molecule has 1 saturated heterocycles. The molecule has 1 heterocycles. The van der Waals surface area contributed by atoms with Crippen LogP contribution in [0.25, 0.3) is 0 Å². The third-order valence-corrected chi connectivity index (χ3v) is 9.33. The molecule has 0 unspecified atom stereocenters. The Morgan fingerprint density at radius 3 is 2.30 bits per heavy atom. The van der Waals surface area contributed by atoms with Crippen LogP contribution in [-0.2, 0) is 29.2 Å². The number of hydrogen-bond acceptors (Lipinski definition) is 8. The van der Waals surface area contributed by atoms with E-state index in [4.69, 9.17) is 11.1 Å². The predicted octanol–water partition coefficient (Wildman–Crippen LogP) is 2.01. The van der Waals surface area contributed by atoms with Gasteiger partial charge in [0.15, 0.2) is 5.96 Å². The number of ketones is 1. The minimum atomic E-state index is -4.03. The first-order valence-corrected chi connectivity index (χ1v) is 16.8. The number of guanidine groups is 1. The van der Waals surface area contributed by atoms with Crippen molar-refractivity contribution in [1.29, 1.82) is 5.41 Å². The van der Waals surface area contributed by atoms with Gasteiger partial charge in [-0.3, -0.25) is 24.6 Å². The topological polar surface area (TPSA) is 241 Å². The van der Waals surface area contributed by atoms with Crippen molar-refractivity contribution in [1.82, 2.24) is 14.9 Å². The summed E-state index contributed by atoms with van der Waals surface area (Å²) in [5.41, 5.74) is 5.56. The highest BCUT2D eigenvalue weighted by molar-refractivity contribution is 7.89. The lowest BCUT2D eigenvalue weighted by molar-refractivity contribution is -0.142. The highest BCUT2D eigenvalue weighted by Gasteiger charge is 2.40. The van der Waals surface area contributed by atoms with Gasteiger partial charge < -0.3 is 32.1 Å². The maximum absolute atomic E-state index is 13.1. The smallest absolute Gasteiger partial charge is 0.328 e. The number of aliphatic carboxylic acids is 1. The molecule has 0 bridgehead atoms. The van der Waals surface area contributed by atoms with Crippen molar-refractivity contribution in [3.8, 4) is 0 Å². The van der Waals surface area contributed by atoms with Gasteiger partial charge in [-0.2, -0.15) is 4.31 Å². The summed E-state index contributed by atoms with van der Waals surface area (Å²) in [5.74, 6) is -5.42. The Hall–Kier alpha value is -4.83. The summed E-state index contributed by atoms with van der Waals surface area (Å²) in [4.78, 5) is 63.4. The Morgan fingerprint density at radius 2 is 1.66 bits per heavy atom. The number of nitrogens with two attached hydrogens (primary N) is 1. The van der Waals surface area contributed by atoms with E-state index < -0.39 is 58.2 Å². The van der Waals surface area contributed by atoms with Crippen LogP contribution in [0.3, 0.4) is 0 Å². The minimum absolute atomic E-state index is 0.00651. The molecular weight excluding hydrogens is 630 g/mol. The fourth-order valence-electron chi connectivity index (χ4n) is 5.06. The standard InChI is InChI=1S/C31H41N7O8S/c1-2-3-4-5-9-14-26(39)35-21-16-20(17-22(18-21)36-31(32)33)27(40)29(42)34-19-24(30(43)44)37-28(41)25-13-10-15-38(25)47(45,46)23-11-7-6-8-12-23/h6-8,11-12,16-18,24-25H,2-5,9-10,13-15,19H2,1H3,(H,34,42)(H,35,39)(H,37,41)(H,43,44)(H4,32,33,36)/t24-,25+/m1/s1. The molecule has 3 amide bonds. The lowest BCUT2D eigenvalue weighted by atomic mass is 10.1. The second-order valence-corrected chi connectivity index (χ2v) is 13.0. The molecule has 0 aliphatic carbocycles. The number of benzene rings is 2. The third kappa shape index (κ3) is 10.6. The number of nitrogens with one attached hydrogen (secondary N) is 5. The number of anilines is 2. The van der Waals surface area contributed by atoms with Crippen LogP contribution in [0.2, 0.25) is 0 Å². The van der Waals surface area contributed by atoms with Crippen LogP contribution in [0.1, 0.15) is 68.6 Å². The van der Waals surface area contributed by atoms with Crippen LogP contribution >= 0.6 is 0 Å². The Kier molecular flexibility index (Phi) is 13.4. The fourth-order valence-corrected chi connectivity index (χ4v) is 6.74. The fraction of sp³-hybridized carbons (Fsp3) is 0.419. The number of hydrogen-bond donors (Lipinski definition) is 7. The molecule has 0 saturated carbocycles. The van der Waals surface area contributed by atoms with Gasteiger partial charge in [0, 0.05) is 36.4 Å². The van der Waals surface area contributed by atoms with Crippen LogP contribution in [0.15, 0.2) is 53.4 Å². The number of sulfonamides is 1. The Bertz CT molecular complexity index is 1580. The zero-order valence-electron chi connectivity index (χ0n) is 26.1. The van der Waals surface area contributed by atoms with Crippen molar-refractivity contribution in [2.75, 3.05) is 23.7 Å². The lowest BCUT2D eigenvalue weighted by Gasteiger charge is -2.25. The van der Waals surface area contributed by atoms with E-state index in [1.165, 1.54) is 30.3 Å². The molecule has 1 fully saturated rings. The summed E-state index contributed by atoms with van der Waals surface area (Å²) in [6.07, 6.45) is 5.51. The number of carboxylic acid groups (broad SMARTS) is 1. The maximum atomic E-state index is 13.1. The number of unbranched alkanes of at least 4 members (excludes halogenated alkanes) is 4. The van der Waals surface area contributed by atoms with Crippen molar-refractivity contribution in [3.63, 3.8) is 0 Å². The zero-order valence-corrected chi connectivity index (χ0v) is 26.9. The molecule has 3 rings (SSSR count). The van der Waals surface area contributed by atoms with Crippen molar-refractivity contribution < 1.29 is 37.5 Å². The summed E-state index contributed by atoms with van der Waals surface area (Å²) in [6.45, 7) is 1.47. The quantitative estimate of drug-likeness (QED) is 0.0424. The van der Waals surface area contributed by atoms with Crippen LogP contribution in [0, 0.1) is 5.41 Å². The monoisotopic (exact) mass is 671 g/mol. The largest absolute Gasteiger partial charge is 0.480 e. The highest BCUT2D eigenvalue weighted by Crippen LogP contribution is 2.26. The number of carboxylic acids is 1. The molecule has 8 N–H and O–H groups in total. The van der Waals surface area contributed by atoms with E-state index in [0.717, 1.165) is 30.0 Å². The van der Waals surface area contributed by atoms with Crippen LogP contribution in [0.4, 0.5) is 11.4 Å². The molecule has 0 spiro atoms. The molecule has 254 valence electrons. The lowest BCUT2D eigenvalue weighted by Crippen LogP contribution is -2.54. The Labute approximate surface area is 273 Å². The Balaban J connectivity index is 1.66. The predicted molar refractivity (Wildman–Crippen MR) is 174 cm³/mol. The number of nitrogens with zero attached hydrogens (tertiary/aromatic N) is 1. The van der Waals surface area contributed by atoms with Gasteiger partial charge in [0.05, 0.1) is 4.90 Å². The van der Waals surface area contributed by atoms with Crippen molar-refractivity contribution in [2.45, 2.75) is 75.3 Å². The highest BCUT2D eigenvalue weighted by atomic mass is 32.2. The normalized spacial score (nSPS) is 15.3. The first-order chi connectivity index (χ1) is 22.3. The van der Waals surface area contributed by atoms with Crippen molar-refractivity contribution in [2.24, 2.45) is 5.73 Å². The molecule has 2 aromatic rings. The number of amides is 3. The summed E-state index contributed by atoms with van der Waals surface area (Å²) < 4.78 is 27.3. The van der Waals surface area contributed by atoms with Crippen LogP contribution in [-0.4, -0.2) is 78.4 Å². The van der Waals surface area contributed by atoms with E-state index in [2.05, 4.69) is 28.2 Å². The minimum Gasteiger partial charge on any atom is -0.480 e. The molecule has 2 aromatic carbocycles. The second-order valence-electron chi connectivity index (χ2n) is 11.1. The molecule has 15 nitrogen and oxygen atoms in total. The molecule has 2 atom stereocenters. The molecule has 1 aliphatic rings. The van der Waals surface area contributed by atoms with E-state index in [1.807, 2.05) is 0 Å². The molecular formula is C31H41N7O8S. The number of rotatable bonds is 17. The summed E-state index contributed by atoms with van der Waals surface area (Å²) in [5, 5.41) is 26.9. The molecule has 0 aromatic heterocycles. The average Bonchev–Trinajstić information content (AvgIpc) is 3.53. The van der Waals surface area contributed by atoms with Gasteiger partial charge in [-0.25, -0.2) is 13.2 Å². The number of Topliss-reactive ketones (excluding diaryl/α,β-unsaturated/α-hetero) is 1. The van der Waals surface area contributed by atoms with E-state index in [0.29, 0.717) is 12.8 Å². The van der Waals surface area contributed by atoms with Crippen LogP contribution < -0.4 is 27.0 Å². The Morgan fingerprint density at radius 1 is 1.00 bits per heavy atom. The second kappa shape index (κ2) is 17.2. The van der Waals surface area contributed by atoms with Gasteiger partial charge in [0.1, 0.15) is 12.1 Å². The van der Waals surface area contributed by atoms with E-state index in [-0.39, 0.29) is 47.1 Å². The van der Waals surface area contributed by atoms with Gasteiger partial charge in [-0.15, -0.1) is 0 Å². The number of carbonyl (C=O) groups excluding carboxylic acids is 4. The van der Waals surface area contributed by atoms with Crippen molar-refractivity contribution in [3.05, 3.63) is 54.1 Å². The van der Waals surface area contributed by atoms with Gasteiger partial charge >= 0.3 is 5.97 Å². The molecule has 0 radical (unpaired) electrons. The summed E-state index contributed by atoms with van der Waals surface area (Å²) >= 11 is 0. The first-order valence-electron chi connectivity index (χ1n) is 15.3. The number of carbonyl (C=O) groups is 5.